The molecule has 0 spiro atoms. The van der Waals surface area contributed by atoms with Crippen molar-refractivity contribution in [2.45, 2.75) is 0 Å². The molecule has 126 valence electrons. The molecule has 2 rings (SSSR count). The van der Waals surface area contributed by atoms with Crippen LogP contribution < -0.4 is 9.64 Å². The second-order valence-corrected chi connectivity index (χ2v) is 5.73. The summed E-state index contributed by atoms with van der Waals surface area (Å²) in [7, 11) is 1.58. The van der Waals surface area contributed by atoms with Crippen molar-refractivity contribution in [1.82, 2.24) is 0 Å². The van der Waals surface area contributed by atoms with E-state index < -0.39 is 25.0 Å². The summed E-state index contributed by atoms with van der Waals surface area (Å²) in [4.78, 5) is 24.9. The smallest absolute Gasteiger partial charge is 0.344 e. The van der Waals surface area contributed by atoms with Crippen LogP contribution >= 0.6 is 15.9 Å². The Kier molecular flexibility index (Phi) is 6.31. The van der Waals surface area contributed by atoms with Crippen LogP contribution in [-0.2, 0) is 14.3 Å². The number of carbonyl (C=O) groups is 2. The van der Waals surface area contributed by atoms with Gasteiger partial charge in [-0.2, -0.15) is 0 Å². The first-order chi connectivity index (χ1) is 11.5. The van der Waals surface area contributed by atoms with Crippen LogP contribution in [0.5, 0.6) is 5.75 Å². The van der Waals surface area contributed by atoms with Crippen LogP contribution in [0.25, 0.3) is 0 Å². The largest absolute Gasteiger partial charge is 0.479 e. The lowest BCUT2D eigenvalue weighted by Crippen LogP contribution is -2.31. The maximum Gasteiger partial charge on any atom is 0.344 e. The first kappa shape index (κ1) is 17.9. The van der Waals surface area contributed by atoms with Crippen LogP contribution in [-0.4, -0.2) is 32.1 Å². The molecule has 0 atom stereocenters. The highest BCUT2D eigenvalue weighted by molar-refractivity contribution is 9.10. The Labute approximate surface area is 147 Å². The molecule has 0 aliphatic carbocycles. The zero-order valence-corrected chi connectivity index (χ0v) is 14.5. The Bertz CT molecular complexity index is 724. The van der Waals surface area contributed by atoms with Gasteiger partial charge in [0.25, 0.3) is 5.91 Å². The maximum atomic E-state index is 13.5. The normalized spacial score (nSPS) is 10.1. The highest BCUT2D eigenvalue weighted by Crippen LogP contribution is 2.21. The third kappa shape index (κ3) is 5.06. The minimum Gasteiger partial charge on any atom is -0.479 e. The standard InChI is InChI=1S/C17H15BrFNO4/c1-20(13-5-3-2-4-6-13)16(21)10-24-17(22)11-23-15-8-7-12(18)9-14(15)19/h2-9H,10-11H2,1H3. The van der Waals surface area contributed by atoms with Crippen LogP contribution in [0.15, 0.2) is 53.0 Å². The molecule has 5 nitrogen and oxygen atoms in total. The lowest BCUT2D eigenvalue weighted by Gasteiger charge is -2.17. The monoisotopic (exact) mass is 395 g/mol. The Hall–Kier alpha value is -2.41. The predicted octanol–water partition coefficient (Wildman–Crippen LogP) is 3.17. The molecule has 0 aromatic heterocycles. The number of anilines is 1. The molecule has 0 fully saturated rings. The first-order valence-corrected chi connectivity index (χ1v) is 7.82. The number of nitrogens with zero attached hydrogens (tertiary/aromatic N) is 1. The number of ether oxygens (including phenoxy) is 2. The molecular formula is C17H15BrFNO4. The number of esters is 1. The van der Waals surface area contributed by atoms with Gasteiger partial charge in [-0.1, -0.05) is 34.1 Å². The van der Waals surface area contributed by atoms with Crippen LogP contribution in [0.4, 0.5) is 10.1 Å². The van der Waals surface area contributed by atoms with Gasteiger partial charge in [-0.3, -0.25) is 4.79 Å². The number of amides is 1. The van der Waals surface area contributed by atoms with Gasteiger partial charge in [0.2, 0.25) is 0 Å². The summed E-state index contributed by atoms with van der Waals surface area (Å²) in [6.07, 6.45) is 0. The summed E-state index contributed by atoms with van der Waals surface area (Å²) in [6.45, 7) is -0.905. The zero-order valence-electron chi connectivity index (χ0n) is 12.9. The lowest BCUT2D eigenvalue weighted by atomic mass is 10.3. The minimum atomic E-state index is -0.757. The van der Waals surface area contributed by atoms with Gasteiger partial charge in [0.05, 0.1) is 0 Å². The molecule has 7 heteroatoms. The van der Waals surface area contributed by atoms with Gasteiger partial charge < -0.3 is 14.4 Å². The fourth-order valence-corrected chi connectivity index (χ4v) is 2.14. The topological polar surface area (TPSA) is 55.8 Å². The van der Waals surface area contributed by atoms with E-state index in [0.717, 1.165) is 0 Å². The van der Waals surface area contributed by atoms with Crippen molar-refractivity contribution in [2.75, 3.05) is 25.2 Å². The minimum absolute atomic E-state index is 0.0668. The molecule has 0 saturated heterocycles. The fraction of sp³-hybridized carbons (Fsp3) is 0.176. The first-order valence-electron chi connectivity index (χ1n) is 7.02. The number of benzene rings is 2. The van der Waals surface area contributed by atoms with E-state index in [1.165, 1.54) is 17.0 Å². The Morgan fingerprint density at radius 1 is 1.12 bits per heavy atom. The van der Waals surface area contributed by atoms with E-state index >= 15 is 0 Å². The molecule has 2 aromatic rings. The molecule has 1 amide bonds. The summed E-state index contributed by atoms with van der Waals surface area (Å²) in [6, 6.07) is 13.2. The molecule has 0 aliphatic heterocycles. The summed E-state index contributed by atoms with van der Waals surface area (Å²) in [5, 5.41) is 0. The highest BCUT2D eigenvalue weighted by atomic mass is 79.9. The molecule has 0 N–H and O–H groups in total. The van der Waals surface area contributed by atoms with Crippen LogP contribution in [0, 0.1) is 5.82 Å². The molecule has 0 bridgehead atoms. The lowest BCUT2D eigenvalue weighted by molar-refractivity contribution is -0.149. The van der Waals surface area contributed by atoms with Crippen molar-refractivity contribution < 1.29 is 23.5 Å². The van der Waals surface area contributed by atoms with Gasteiger partial charge in [0.15, 0.2) is 24.8 Å². The van der Waals surface area contributed by atoms with Gasteiger partial charge in [-0.25, -0.2) is 9.18 Å². The van der Waals surface area contributed by atoms with Crippen molar-refractivity contribution in [3.8, 4) is 5.75 Å². The van der Waals surface area contributed by atoms with Crippen molar-refractivity contribution in [3.05, 3.63) is 58.8 Å². The van der Waals surface area contributed by atoms with E-state index in [4.69, 9.17) is 9.47 Å². The number of para-hydroxylation sites is 1. The second kappa shape index (κ2) is 8.44. The molecule has 0 radical (unpaired) electrons. The third-order valence-corrected chi connectivity index (χ3v) is 3.61. The number of carbonyl (C=O) groups excluding carboxylic acids is 2. The zero-order chi connectivity index (χ0) is 17.5. The van der Waals surface area contributed by atoms with Gasteiger partial charge in [0.1, 0.15) is 0 Å². The number of halogens is 2. The van der Waals surface area contributed by atoms with Crippen molar-refractivity contribution in [2.24, 2.45) is 0 Å². The van der Waals surface area contributed by atoms with E-state index in [0.29, 0.717) is 10.2 Å². The Balaban J connectivity index is 1.79. The number of hydrogen-bond acceptors (Lipinski definition) is 4. The SMILES string of the molecule is CN(C(=O)COC(=O)COc1ccc(Br)cc1F)c1ccccc1. The molecule has 0 saturated carbocycles. The fourth-order valence-electron chi connectivity index (χ4n) is 1.81. The summed E-state index contributed by atoms with van der Waals surface area (Å²) < 4.78 is 24.0. The number of hydrogen-bond donors (Lipinski definition) is 0. The summed E-state index contributed by atoms with van der Waals surface area (Å²) >= 11 is 3.12. The predicted molar refractivity (Wildman–Crippen MR) is 90.4 cm³/mol. The molecule has 2 aromatic carbocycles. The highest BCUT2D eigenvalue weighted by Gasteiger charge is 2.14. The van der Waals surface area contributed by atoms with E-state index in [-0.39, 0.29) is 11.7 Å². The van der Waals surface area contributed by atoms with Crippen LogP contribution in [0.2, 0.25) is 0 Å². The van der Waals surface area contributed by atoms with Crippen LogP contribution in [0.3, 0.4) is 0 Å². The van der Waals surface area contributed by atoms with Gasteiger partial charge in [-0.15, -0.1) is 0 Å². The van der Waals surface area contributed by atoms with Gasteiger partial charge in [0, 0.05) is 17.2 Å². The van der Waals surface area contributed by atoms with Gasteiger partial charge >= 0.3 is 5.97 Å². The summed E-state index contributed by atoms with van der Waals surface area (Å²) in [5.74, 6) is -1.81. The Morgan fingerprint density at radius 3 is 2.50 bits per heavy atom. The third-order valence-electron chi connectivity index (χ3n) is 3.11. The quantitative estimate of drug-likeness (QED) is 0.704. The molecule has 24 heavy (non-hydrogen) atoms. The average Bonchev–Trinajstić information content (AvgIpc) is 2.59. The molecular weight excluding hydrogens is 381 g/mol. The van der Waals surface area contributed by atoms with Crippen molar-refractivity contribution in [1.29, 1.82) is 0 Å². The maximum absolute atomic E-state index is 13.5. The Morgan fingerprint density at radius 2 is 1.83 bits per heavy atom. The number of likely N-dealkylation sites (N-methyl/N-ethyl adjacent to an activating group) is 1. The van der Waals surface area contributed by atoms with Gasteiger partial charge in [-0.05, 0) is 30.3 Å². The van der Waals surface area contributed by atoms with Crippen molar-refractivity contribution >= 4 is 33.5 Å². The van der Waals surface area contributed by atoms with E-state index in [1.54, 1.807) is 37.4 Å². The van der Waals surface area contributed by atoms with E-state index in [1.807, 2.05) is 6.07 Å². The molecule has 0 heterocycles. The summed E-state index contributed by atoms with van der Waals surface area (Å²) in [5.41, 5.74) is 0.687. The molecule has 0 unspecified atom stereocenters. The second-order valence-electron chi connectivity index (χ2n) is 4.81. The average molecular weight is 396 g/mol. The van der Waals surface area contributed by atoms with E-state index in [9.17, 15) is 14.0 Å². The van der Waals surface area contributed by atoms with E-state index in [2.05, 4.69) is 15.9 Å². The van der Waals surface area contributed by atoms with Crippen LogP contribution in [0.1, 0.15) is 0 Å². The molecule has 0 aliphatic rings. The number of rotatable bonds is 6. The van der Waals surface area contributed by atoms with Crippen molar-refractivity contribution in [3.63, 3.8) is 0 Å².